The molecule has 0 radical (unpaired) electrons. The van der Waals surface area contributed by atoms with Gasteiger partial charge in [0.25, 0.3) is 5.91 Å². The van der Waals surface area contributed by atoms with Crippen LogP contribution < -0.4 is 5.14 Å². The number of carbonyl (C=O) groups excluding carboxylic acids is 1. The summed E-state index contributed by atoms with van der Waals surface area (Å²) in [6.07, 6.45) is 2.96. The molecule has 8 heteroatoms. The van der Waals surface area contributed by atoms with Gasteiger partial charge >= 0.3 is 0 Å². The summed E-state index contributed by atoms with van der Waals surface area (Å²) in [5.41, 5.74) is 1.56. The van der Waals surface area contributed by atoms with E-state index in [9.17, 15) is 13.2 Å². The molecule has 1 saturated heterocycles. The van der Waals surface area contributed by atoms with E-state index in [-0.39, 0.29) is 41.2 Å². The molecule has 2 aromatic rings. The van der Waals surface area contributed by atoms with Crippen LogP contribution in [0.4, 0.5) is 0 Å². The van der Waals surface area contributed by atoms with E-state index in [1.165, 1.54) is 6.07 Å². The Morgan fingerprint density at radius 2 is 1.50 bits per heavy atom. The van der Waals surface area contributed by atoms with E-state index in [4.69, 9.17) is 5.14 Å². The van der Waals surface area contributed by atoms with Crippen LogP contribution in [0.15, 0.2) is 53.4 Å². The minimum Gasteiger partial charge on any atom is -0.339 e. The molecule has 0 atom stereocenters. The van der Waals surface area contributed by atoms with Crippen LogP contribution in [-0.4, -0.2) is 32.3 Å². The zero-order valence-electron chi connectivity index (χ0n) is 14.1. The average Bonchev–Trinajstić information content (AvgIpc) is 2.61. The number of piperidine rings is 1. The van der Waals surface area contributed by atoms with Crippen molar-refractivity contribution in [2.45, 2.75) is 24.2 Å². The molecule has 142 valence electrons. The highest BCUT2D eigenvalue weighted by atomic mass is 35.5. The number of hydrogen-bond acceptors (Lipinski definition) is 3. The summed E-state index contributed by atoms with van der Waals surface area (Å²) in [4.78, 5) is 14.7. The Morgan fingerprint density at radius 1 is 0.885 bits per heavy atom. The van der Waals surface area contributed by atoms with Gasteiger partial charge in [0.15, 0.2) is 0 Å². The molecule has 3 rings (SSSR count). The van der Waals surface area contributed by atoms with E-state index in [0.29, 0.717) is 18.7 Å². The molecule has 0 spiro atoms. The van der Waals surface area contributed by atoms with Gasteiger partial charge in [0, 0.05) is 13.1 Å². The summed E-state index contributed by atoms with van der Waals surface area (Å²) in [5, 5.41) is 5.37. The third-order valence-electron chi connectivity index (χ3n) is 4.27. The summed E-state index contributed by atoms with van der Waals surface area (Å²) in [5.74, 6) is -0.266. The molecule has 0 bridgehead atoms. The van der Waals surface area contributed by atoms with Crippen LogP contribution in [0.2, 0.25) is 0 Å². The molecule has 26 heavy (non-hydrogen) atoms. The molecular weight excluding hydrogens is 395 g/mol. The Morgan fingerprint density at radius 3 is 2.08 bits per heavy atom. The van der Waals surface area contributed by atoms with E-state index >= 15 is 0 Å². The van der Waals surface area contributed by atoms with Gasteiger partial charge in [-0.15, -0.1) is 24.8 Å². The molecular formula is C18H22Cl2N2O3S. The van der Waals surface area contributed by atoms with Gasteiger partial charge in [-0.25, -0.2) is 13.6 Å². The molecule has 5 nitrogen and oxygen atoms in total. The fraction of sp³-hybridized carbons (Fsp3) is 0.278. The van der Waals surface area contributed by atoms with E-state index in [1.54, 1.807) is 17.0 Å². The van der Waals surface area contributed by atoms with Gasteiger partial charge in [-0.2, -0.15) is 0 Å². The fourth-order valence-corrected chi connectivity index (χ4v) is 3.85. The van der Waals surface area contributed by atoms with E-state index in [1.807, 2.05) is 30.3 Å². The fourth-order valence-electron chi connectivity index (χ4n) is 3.10. The Kier molecular flexibility index (Phi) is 8.09. The Labute approximate surface area is 166 Å². The van der Waals surface area contributed by atoms with E-state index in [0.717, 1.165) is 24.8 Å². The normalized spacial score (nSPS) is 14.1. The number of carbonyl (C=O) groups is 1. The minimum atomic E-state index is -4.00. The highest BCUT2D eigenvalue weighted by Crippen LogP contribution is 2.30. The first-order valence-electron chi connectivity index (χ1n) is 7.99. The molecule has 0 saturated carbocycles. The molecule has 0 aliphatic carbocycles. The maximum Gasteiger partial charge on any atom is 0.255 e. The smallest absolute Gasteiger partial charge is 0.255 e. The lowest BCUT2D eigenvalue weighted by Gasteiger charge is -2.28. The molecule has 2 N–H and O–H groups in total. The highest BCUT2D eigenvalue weighted by Gasteiger charge is 2.27. The molecule has 1 aliphatic rings. The number of nitrogens with two attached hydrogens (primary N) is 1. The van der Waals surface area contributed by atoms with Crippen molar-refractivity contribution in [2.24, 2.45) is 5.14 Å². The number of halogens is 2. The van der Waals surface area contributed by atoms with Gasteiger partial charge in [-0.1, -0.05) is 42.5 Å². The number of likely N-dealkylation sites (tertiary alicyclic amines) is 1. The third-order valence-corrected chi connectivity index (χ3v) is 5.23. The topological polar surface area (TPSA) is 80.5 Å². The molecule has 1 heterocycles. The standard InChI is InChI=1S/C18H20N2O3S.2ClH/c19-24(22,23)16-11-7-10-15(14-8-3-1-4-9-14)17(16)18(21)20-12-5-2-6-13-20;;/h1,3-4,7-11H,2,5-6,12-13H2,(H2,19,22,23);2*1H. The maximum absolute atomic E-state index is 13.1. The van der Waals surface area contributed by atoms with E-state index < -0.39 is 10.0 Å². The average molecular weight is 417 g/mol. The van der Waals surface area contributed by atoms with Crippen LogP contribution in [-0.2, 0) is 10.0 Å². The van der Waals surface area contributed by atoms with Crippen LogP contribution in [0.25, 0.3) is 11.1 Å². The van der Waals surface area contributed by atoms with Crippen LogP contribution in [0, 0.1) is 0 Å². The summed E-state index contributed by atoms with van der Waals surface area (Å²) >= 11 is 0. The Bertz CT molecular complexity index is 852. The number of nitrogens with zero attached hydrogens (tertiary/aromatic N) is 1. The number of benzene rings is 2. The second kappa shape index (κ2) is 9.37. The summed E-state index contributed by atoms with van der Waals surface area (Å²) in [7, 11) is -4.00. The lowest BCUT2D eigenvalue weighted by Crippen LogP contribution is -2.37. The zero-order valence-corrected chi connectivity index (χ0v) is 16.6. The monoisotopic (exact) mass is 416 g/mol. The minimum absolute atomic E-state index is 0. The number of amides is 1. The lowest BCUT2D eigenvalue weighted by atomic mass is 9.98. The first kappa shape index (κ1) is 22.4. The van der Waals surface area contributed by atoms with Crippen LogP contribution in [0.5, 0.6) is 0 Å². The van der Waals surface area contributed by atoms with E-state index in [2.05, 4.69) is 0 Å². The molecule has 1 amide bonds. The van der Waals surface area contributed by atoms with Gasteiger partial charge in [0.2, 0.25) is 10.0 Å². The van der Waals surface area contributed by atoms with Gasteiger partial charge in [0.1, 0.15) is 0 Å². The van der Waals surface area contributed by atoms with Crippen molar-refractivity contribution in [1.82, 2.24) is 4.90 Å². The largest absolute Gasteiger partial charge is 0.339 e. The van der Waals surface area contributed by atoms with Crippen molar-refractivity contribution >= 4 is 40.7 Å². The van der Waals surface area contributed by atoms with Gasteiger partial charge in [-0.05, 0) is 36.5 Å². The Balaban J connectivity index is 0.00000169. The summed E-state index contributed by atoms with van der Waals surface area (Å²) in [6, 6.07) is 14.1. The predicted octanol–water partition coefficient (Wildman–Crippen LogP) is 3.47. The van der Waals surface area contributed by atoms with Crippen molar-refractivity contribution < 1.29 is 13.2 Å². The van der Waals surface area contributed by atoms with Crippen molar-refractivity contribution in [3.8, 4) is 11.1 Å². The third kappa shape index (κ3) is 4.76. The summed E-state index contributed by atoms with van der Waals surface area (Å²) in [6.45, 7) is 1.29. The molecule has 1 fully saturated rings. The van der Waals surface area contributed by atoms with Crippen molar-refractivity contribution in [3.63, 3.8) is 0 Å². The van der Waals surface area contributed by atoms with Gasteiger partial charge in [-0.3, -0.25) is 4.79 Å². The van der Waals surface area contributed by atoms with Crippen molar-refractivity contribution in [3.05, 3.63) is 54.1 Å². The van der Waals surface area contributed by atoms with Crippen LogP contribution in [0.3, 0.4) is 0 Å². The predicted molar refractivity (Wildman–Crippen MR) is 108 cm³/mol. The second-order valence-corrected chi connectivity index (χ2v) is 7.47. The second-order valence-electron chi connectivity index (χ2n) is 5.94. The van der Waals surface area contributed by atoms with Crippen LogP contribution >= 0.6 is 24.8 Å². The quantitative estimate of drug-likeness (QED) is 0.831. The number of sulfonamides is 1. The number of primary sulfonamides is 1. The lowest BCUT2D eigenvalue weighted by molar-refractivity contribution is 0.0721. The molecule has 0 unspecified atom stereocenters. The first-order valence-corrected chi connectivity index (χ1v) is 9.53. The number of hydrogen-bond donors (Lipinski definition) is 1. The first-order chi connectivity index (χ1) is 11.5. The number of rotatable bonds is 3. The Hall–Kier alpha value is -1.60. The molecule has 0 aromatic heterocycles. The summed E-state index contributed by atoms with van der Waals surface area (Å²) < 4.78 is 24.1. The molecule has 1 aliphatic heterocycles. The van der Waals surface area contributed by atoms with Gasteiger partial charge in [0.05, 0.1) is 10.5 Å². The maximum atomic E-state index is 13.1. The van der Waals surface area contributed by atoms with Crippen LogP contribution in [0.1, 0.15) is 29.6 Å². The van der Waals surface area contributed by atoms with Crippen molar-refractivity contribution in [2.75, 3.05) is 13.1 Å². The highest BCUT2D eigenvalue weighted by molar-refractivity contribution is 7.89. The SMILES string of the molecule is Cl.Cl.NS(=O)(=O)c1cccc(-c2ccccc2)c1C(=O)N1CCCCC1. The van der Waals surface area contributed by atoms with Gasteiger partial charge < -0.3 is 4.90 Å². The molecule has 2 aromatic carbocycles. The van der Waals surface area contributed by atoms with Crippen molar-refractivity contribution in [1.29, 1.82) is 0 Å². The zero-order chi connectivity index (χ0) is 17.2.